The van der Waals surface area contributed by atoms with Crippen LogP contribution in [0.2, 0.25) is 0 Å². The number of ether oxygens (including phenoxy) is 1. The predicted molar refractivity (Wildman–Crippen MR) is 78.5 cm³/mol. The number of thioether (sulfide) groups is 1. The fraction of sp³-hybridized carbons (Fsp3) is 0.571. The van der Waals surface area contributed by atoms with Gasteiger partial charge in [-0.3, -0.25) is 4.79 Å². The van der Waals surface area contributed by atoms with Gasteiger partial charge in [-0.05, 0) is 19.3 Å². The van der Waals surface area contributed by atoms with Crippen molar-refractivity contribution < 1.29 is 14.3 Å². The highest BCUT2D eigenvalue weighted by Crippen LogP contribution is 2.48. The van der Waals surface area contributed by atoms with Crippen molar-refractivity contribution in [3.8, 4) is 0 Å². The zero-order valence-electron chi connectivity index (χ0n) is 12.2. The third kappa shape index (κ3) is 2.44. The van der Waals surface area contributed by atoms with Crippen molar-refractivity contribution in [1.29, 1.82) is 0 Å². The summed E-state index contributed by atoms with van der Waals surface area (Å²) in [5.41, 5.74) is 1.68. The molecule has 0 aliphatic carbocycles. The van der Waals surface area contributed by atoms with Crippen molar-refractivity contribution in [2.24, 2.45) is 5.92 Å². The van der Waals surface area contributed by atoms with Crippen LogP contribution in [0.1, 0.15) is 27.2 Å². The summed E-state index contributed by atoms with van der Waals surface area (Å²) in [4.78, 5) is 25.8. The molecule has 0 aromatic heterocycles. The van der Waals surface area contributed by atoms with Crippen molar-refractivity contribution in [2.75, 3.05) is 13.7 Å². The smallest absolute Gasteiger partial charge is 0.337 e. The van der Waals surface area contributed by atoms with E-state index in [0.29, 0.717) is 13.0 Å². The van der Waals surface area contributed by atoms with Crippen molar-refractivity contribution in [3.63, 3.8) is 0 Å². The number of carbonyl (C=O) groups is 2. The number of hydrogen-bond donors (Lipinski definition) is 1. The van der Waals surface area contributed by atoms with Gasteiger partial charge in [-0.25, -0.2) is 4.79 Å². The lowest BCUT2D eigenvalue weighted by molar-refractivity contribution is -0.139. The zero-order valence-corrected chi connectivity index (χ0v) is 13.0. The molecule has 2 rings (SSSR count). The van der Waals surface area contributed by atoms with E-state index in [1.165, 1.54) is 11.8 Å². The Bertz CT molecular complexity index is 499. The minimum Gasteiger partial charge on any atom is -0.463 e. The van der Waals surface area contributed by atoms with E-state index in [1.807, 2.05) is 12.3 Å². The van der Waals surface area contributed by atoms with Gasteiger partial charge in [-0.1, -0.05) is 18.7 Å². The molecule has 5 nitrogen and oxygen atoms in total. The van der Waals surface area contributed by atoms with Gasteiger partial charge in [0.1, 0.15) is 0 Å². The third-order valence-electron chi connectivity index (χ3n) is 3.77. The van der Waals surface area contributed by atoms with Gasteiger partial charge in [0.15, 0.2) is 0 Å². The maximum Gasteiger partial charge on any atom is 0.337 e. The Balaban J connectivity index is 2.25. The minimum atomic E-state index is -0.244. The average Bonchev–Trinajstić information content (AvgIpc) is 2.91. The van der Waals surface area contributed by atoms with Crippen LogP contribution in [0.3, 0.4) is 0 Å². The number of carbonyl (C=O) groups excluding carboxylic acids is 2. The first-order valence-electron chi connectivity index (χ1n) is 6.78. The molecule has 1 N–H and O–H groups in total. The number of fused-ring (bicyclic) bond motifs is 1. The molecular weight excluding hydrogens is 276 g/mol. The summed E-state index contributed by atoms with van der Waals surface area (Å²) in [6, 6.07) is 0.162. The zero-order chi connectivity index (χ0) is 14.9. The molecule has 110 valence electrons. The lowest BCUT2D eigenvalue weighted by atomic mass is 9.98. The normalized spacial score (nSPS) is 24.6. The first-order valence-corrected chi connectivity index (χ1v) is 7.66. The molecule has 0 saturated heterocycles. The van der Waals surface area contributed by atoms with Crippen LogP contribution in [0, 0.1) is 5.92 Å². The SMILES string of the molecule is CCOC(=O)C1=C2SC=C(CC(=O)NC)N2C(C)C1C. The van der Waals surface area contributed by atoms with Gasteiger partial charge in [0.2, 0.25) is 5.91 Å². The quantitative estimate of drug-likeness (QED) is 0.802. The molecule has 0 aromatic rings. The van der Waals surface area contributed by atoms with Crippen LogP contribution in [-0.4, -0.2) is 36.5 Å². The number of nitrogens with zero attached hydrogens (tertiary/aromatic N) is 1. The largest absolute Gasteiger partial charge is 0.463 e. The van der Waals surface area contributed by atoms with Gasteiger partial charge < -0.3 is 15.0 Å². The molecule has 0 spiro atoms. The van der Waals surface area contributed by atoms with E-state index in [4.69, 9.17) is 4.74 Å². The molecular formula is C14H20N2O3S. The highest BCUT2D eigenvalue weighted by atomic mass is 32.2. The molecule has 0 saturated carbocycles. The number of rotatable bonds is 4. The summed E-state index contributed by atoms with van der Waals surface area (Å²) in [5, 5.41) is 5.50. The molecule has 0 bridgehead atoms. The Hall–Kier alpha value is -1.43. The molecule has 0 fully saturated rings. The van der Waals surface area contributed by atoms with Crippen molar-refractivity contribution in [3.05, 3.63) is 21.7 Å². The minimum absolute atomic E-state index is 0.0254. The molecule has 2 unspecified atom stereocenters. The molecule has 0 aromatic carbocycles. The van der Waals surface area contributed by atoms with E-state index in [-0.39, 0.29) is 23.8 Å². The lowest BCUT2D eigenvalue weighted by Gasteiger charge is -2.26. The fourth-order valence-electron chi connectivity index (χ4n) is 2.53. The third-order valence-corrected chi connectivity index (χ3v) is 4.80. The van der Waals surface area contributed by atoms with E-state index in [0.717, 1.165) is 16.3 Å². The predicted octanol–water partition coefficient (Wildman–Crippen LogP) is 1.83. The van der Waals surface area contributed by atoms with Crippen LogP contribution in [0.5, 0.6) is 0 Å². The molecule has 2 aliphatic heterocycles. The molecule has 1 amide bonds. The van der Waals surface area contributed by atoms with Crippen LogP contribution < -0.4 is 5.32 Å². The van der Waals surface area contributed by atoms with Crippen molar-refractivity contribution >= 4 is 23.6 Å². The van der Waals surface area contributed by atoms with Crippen LogP contribution in [0.4, 0.5) is 0 Å². The average molecular weight is 296 g/mol. The Labute approximate surface area is 123 Å². The van der Waals surface area contributed by atoms with Crippen LogP contribution in [-0.2, 0) is 14.3 Å². The summed E-state index contributed by atoms with van der Waals surface area (Å²) in [7, 11) is 1.63. The lowest BCUT2D eigenvalue weighted by Crippen LogP contribution is -2.30. The highest BCUT2D eigenvalue weighted by molar-refractivity contribution is 8.06. The van der Waals surface area contributed by atoms with E-state index in [9.17, 15) is 9.59 Å². The van der Waals surface area contributed by atoms with Crippen LogP contribution >= 0.6 is 11.8 Å². The van der Waals surface area contributed by atoms with Gasteiger partial charge >= 0.3 is 5.97 Å². The van der Waals surface area contributed by atoms with Crippen LogP contribution in [0.15, 0.2) is 21.7 Å². The number of amides is 1. The molecule has 0 radical (unpaired) electrons. The summed E-state index contributed by atoms with van der Waals surface area (Å²) >= 11 is 1.51. The topological polar surface area (TPSA) is 58.6 Å². The number of hydrogen-bond acceptors (Lipinski definition) is 5. The summed E-state index contributed by atoms with van der Waals surface area (Å²) in [5.74, 6) is -0.168. The highest BCUT2D eigenvalue weighted by Gasteiger charge is 2.43. The Morgan fingerprint density at radius 2 is 2.15 bits per heavy atom. The number of esters is 1. The second kappa shape index (κ2) is 5.91. The Morgan fingerprint density at radius 3 is 2.75 bits per heavy atom. The maximum atomic E-state index is 12.1. The maximum absolute atomic E-state index is 12.1. The molecule has 20 heavy (non-hydrogen) atoms. The summed E-state index contributed by atoms with van der Waals surface area (Å²) < 4.78 is 5.15. The summed E-state index contributed by atoms with van der Waals surface area (Å²) in [6.45, 7) is 6.28. The van der Waals surface area contributed by atoms with Crippen molar-refractivity contribution in [1.82, 2.24) is 10.2 Å². The Kier molecular flexibility index (Phi) is 4.42. The van der Waals surface area contributed by atoms with Crippen molar-refractivity contribution in [2.45, 2.75) is 33.2 Å². The van der Waals surface area contributed by atoms with E-state index >= 15 is 0 Å². The second-order valence-corrected chi connectivity index (χ2v) is 5.77. The van der Waals surface area contributed by atoms with Gasteiger partial charge in [0.25, 0.3) is 0 Å². The van der Waals surface area contributed by atoms with Gasteiger partial charge in [0, 0.05) is 24.7 Å². The standard InChI is InChI=1S/C14H20N2O3S/c1-5-19-14(18)12-8(2)9(3)16-10(6-11(17)15-4)7-20-13(12)16/h7-9H,5-6H2,1-4H3,(H,15,17). The van der Waals surface area contributed by atoms with E-state index < -0.39 is 0 Å². The molecule has 2 atom stereocenters. The van der Waals surface area contributed by atoms with E-state index in [2.05, 4.69) is 17.1 Å². The first kappa shape index (κ1) is 15.0. The second-order valence-electron chi connectivity index (χ2n) is 4.92. The van der Waals surface area contributed by atoms with Gasteiger partial charge in [-0.2, -0.15) is 0 Å². The fourth-order valence-corrected chi connectivity index (χ4v) is 3.77. The monoisotopic (exact) mass is 296 g/mol. The van der Waals surface area contributed by atoms with E-state index in [1.54, 1.807) is 14.0 Å². The summed E-state index contributed by atoms with van der Waals surface area (Å²) in [6.07, 6.45) is 0.333. The molecule has 2 heterocycles. The van der Waals surface area contributed by atoms with Gasteiger partial charge in [0.05, 0.1) is 23.6 Å². The number of nitrogens with one attached hydrogen (secondary N) is 1. The molecule has 6 heteroatoms. The Morgan fingerprint density at radius 1 is 1.45 bits per heavy atom. The molecule has 2 aliphatic rings. The van der Waals surface area contributed by atoms with Gasteiger partial charge in [-0.15, -0.1) is 0 Å². The van der Waals surface area contributed by atoms with Crippen LogP contribution in [0.25, 0.3) is 0 Å². The first-order chi connectivity index (χ1) is 9.51.